The van der Waals surface area contributed by atoms with E-state index < -0.39 is 6.10 Å². The number of ether oxygens (including phenoxy) is 1. The van der Waals surface area contributed by atoms with E-state index in [0.29, 0.717) is 12.1 Å². The first kappa shape index (κ1) is 11.9. The molecule has 1 aromatic rings. The van der Waals surface area contributed by atoms with Crippen LogP contribution >= 0.6 is 0 Å². The molecule has 0 aromatic carbocycles. The van der Waals surface area contributed by atoms with Crippen LogP contribution in [0.25, 0.3) is 0 Å². The van der Waals surface area contributed by atoms with E-state index in [-0.39, 0.29) is 0 Å². The van der Waals surface area contributed by atoms with E-state index in [0.717, 1.165) is 24.5 Å². The molecule has 1 saturated carbocycles. The summed E-state index contributed by atoms with van der Waals surface area (Å²) < 4.78 is 5.81. The fourth-order valence-corrected chi connectivity index (χ4v) is 3.02. The summed E-state index contributed by atoms with van der Waals surface area (Å²) in [6.45, 7) is 3.47. The maximum atomic E-state index is 9.50. The van der Waals surface area contributed by atoms with Gasteiger partial charge in [0.15, 0.2) is 0 Å². The molecule has 1 N–H and O–H groups in total. The third kappa shape index (κ3) is 2.10. The van der Waals surface area contributed by atoms with Crippen LogP contribution in [-0.4, -0.2) is 35.4 Å². The molecule has 4 heteroatoms. The van der Waals surface area contributed by atoms with Crippen LogP contribution in [0.5, 0.6) is 0 Å². The lowest BCUT2D eigenvalue weighted by Gasteiger charge is -2.38. The number of anilines is 1. The lowest BCUT2D eigenvalue weighted by molar-refractivity contribution is 0.0253. The SMILES string of the molecule is C[C@H](O)c1ccc(N2CCOC3CCCC32)nc1. The number of fused-ring (bicyclic) bond motifs is 1. The highest BCUT2D eigenvalue weighted by Gasteiger charge is 2.36. The quantitative estimate of drug-likeness (QED) is 0.868. The van der Waals surface area contributed by atoms with Crippen LogP contribution in [0, 0.1) is 0 Å². The van der Waals surface area contributed by atoms with Gasteiger partial charge in [-0.25, -0.2) is 4.98 Å². The molecule has 0 bridgehead atoms. The summed E-state index contributed by atoms with van der Waals surface area (Å²) in [6, 6.07) is 4.47. The summed E-state index contributed by atoms with van der Waals surface area (Å²) in [7, 11) is 0. The normalized spacial score (nSPS) is 29.1. The molecule has 2 heterocycles. The third-order valence-electron chi connectivity index (χ3n) is 4.03. The van der Waals surface area contributed by atoms with Gasteiger partial charge in [-0.2, -0.15) is 0 Å². The van der Waals surface area contributed by atoms with Crippen LogP contribution in [0.4, 0.5) is 5.82 Å². The highest BCUT2D eigenvalue weighted by molar-refractivity contribution is 5.42. The van der Waals surface area contributed by atoms with Gasteiger partial charge in [0.25, 0.3) is 0 Å². The summed E-state index contributed by atoms with van der Waals surface area (Å²) in [5, 5.41) is 9.50. The van der Waals surface area contributed by atoms with Crippen molar-refractivity contribution in [2.45, 2.75) is 44.4 Å². The van der Waals surface area contributed by atoms with Gasteiger partial charge in [-0.05, 0) is 37.8 Å². The third-order valence-corrected chi connectivity index (χ3v) is 4.03. The largest absolute Gasteiger partial charge is 0.389 e. The fraction of sp³-hybridized carbons (Fsp3) is 0.643. The molecule has 18 heavy (non-hydrogen) atoms. The lowest BCUT2D eigenvalue weighted by atomic mass is 10.1. The van der Waals surface area contributed by atoms with Crippen LogP contribution in [0.2, 0.25) is 0 Å². The number of morpholine rings is 1. The van der Waals surface area contributed by atoms with Gasteiger partial charge in [0.1, 0.15) is 5.82 Å². The second kappa shape index (κ2) is 4.86. The Morgan fingerprint density at radius 1 is 1.44 bits per heavy atom. The van der Waals surface area contributed by atoms with Gasteiger partial charge >= 0.3 is 0 Å². The Kier molecular flexibility index (Phi) is 3.22. The molecular weight excluding hydrogens is 228 g/mol. The zero-order valence-corrected chi connectivity index (χ0v) is 10.7. The Morgan fingerprint density at radius 3 is 3.06 bits per heavy atom. The van der Waals surface area contributed by atoms with Crippen molar-refractivity contribution in [3.63, 3.8) is 0 Å². The second-order valence-corrected chi connectivity index (χ2v) is 5.23. The van der Waals surface area contributed by atoms with Gasteiger partial charge < -0.3 is 14.7 Å². The molecule has 0 spiro atoms. The number of hydrogen-bond donors (Lipinski definition) is 1. The van der Waals surface area contributed by atoms with Crippen molar-refractivity contribution < 1.29 is 9.84 Å². The van der Waals surface area contributed by atoms with Crippen molar-refractivity contribution in [2.75, 3.05) is 18.1 Å². The molecule has 1 saturated heterocycles. The summed E-state index contributed by atoms with van der Waals surface area (Å²) in [5.41, 5.74) is 0.870. The molecule has 98 valence electrons. The van der Waals surface area contributed by atoms with E-state index in [1.54, 1.807) is 13.1 Å². The molecule has 0 radical (unpaired) electrons. The summed E-state index contributed by atoms with van der Waals surface area (Å²) in [4.78, 5) is 6.86. The average Bonchev–Trinajstić information content (AvgIpc) is 2.87. The molecule has 4 nitrogen and oxygen atoms in total. The first-order valence-corrected chi connectivity index (χ1v) is 6.78. The fourth-order valence-electron chi connectivity index (χ4n) is 3.02. The van der Waals surface area contributed by atoms with Crippen molar-refractivity contribution >= 4 is 5.82 Å². The molecule has 2 fully saturated rings. The Morgan fingerprint density at radius 2 is 2.33 bits per heavy atom. The maximum absolute atomic E-state index is 9.50. The number of nitrogens with zero attached hydrogens (tertiary/aromatic N) is 2. The Labute approximate surface area is 108 Å². The monoisotopic (exact) mass is 248 g/mol. The molecule has 3 atom stereocenters. The number of aromatic nitrogens is 1. The average molecular weight is 248 g/mol. The molecule has 3 rings (SSSR count). The predicted molar refractivity (Wildman–Crippen MR) is 69.6 cm³/mol. The zero-order chi connectivity index (χ0) is 12.5. The smallest absolute Gasteiger partial charge is 0.128 e. The highest BCUT2D eigenvalue weighted by atomic mass is 16.5. The minimum atomic E-state index is -0.449. The predicted octanol–water partition coefficient (Wildman–Crippen LogP) is 1.89. The van der Waals surface area contributed by atoms with E-state index in [1.807, 2.05) is 12.1 Å². The van der Waals surface area contributed by atoms with Gasteiger partial charge in [-0.3, -0.25) is 0 Å². The maximum Gasteiger partial charge on any atom is 0.128 e. The molecule has 1 aliphatic heterocycles. The van der Waals surface area contributed by atoms with Crippen LogP contribution in [0.1, 0.15) is 37.9 Å². The number of aliphatic hydroxyl groups is 1. The van der Waals surface area contributed by atoms with Crippen LogP contribution in [0.3, 0.4) is 0 Å². The Bertz CT molecular complexity index is 405. The highest BCUT2D eigenvalue weighted by Crippen LogP contribution is 2.32. The zero-order valence-electron chi connectivity index (χ0n) is 10.7. The van der Waals surface area contributed by atoms with Crippen LogP contribution in [0.15, 0.2) is 18.3 Å². The number of aliphatic hydroxyl groups excluding tert-OH is 1. The first-order valence-electron chi connectivity index (χ1n) is 6.78. The summed E-state index contributed by atoms with van der Waals surface area (Å²) in [6.07, 6.45) is 5.33. The van der Waals surface area contributed by atoms with Gasteiger partial charge in [0.2, 0.25) is 0 Å². The van der Waals surface area contributed by atoms with Gasteiger partial charge in [0.05, 0.1) is 24.9 Å². The lowest BCUT2D eigenvalue weighted by Crippen LogP contribution is -2.49. The minimum Gasteiger partial charge on any atom is -0.389 e. The van der Waals surface area contributed by atoms with Gasteiger partial charge in [-0.15, -0.1) is 0 Å². The van der Waals surface area contributed by atoms with Crippen molar-refractivity contribution in [3.05, 3.63) is 23.9 Å². The van der Waals surface area contributed by atoms with E-state index in [9.17, 15) is 5.11 Å². The number of pyridine rings is 1. The Hall–Kier alpha value is -1.13. The van der Waals surface area contributed by atoms with Crippen molar-refractivity contribution in [1.29, 1.82) is 0 Å². The van der Waals surface area contributed by atoms with Crippen LogP contribution < -0.4 is 4.90 Å². The molecule has 1 aliphatic carbocycles. The van der Waals surface area contributed by atoms with Crippen molar-refractivity contribution in [1.82, 2.24) is 4.98 Å². The molecule has 2 unspecified atom stereocenters. The topological polar surface area (TPSA) is 45.6 Å². The van der Waals surface area contributed by atoms with E-state index in [2.05, 4.69) is 9.88 Å². The van der Waals surface area contributed by atoms with E-state index in [4.69, 9.17) is 4.74 Å². The molecule has 1 aromatic heterocycles. The molecule has 0 amide bonds. The second-order valence-electron chi connectivity index (χ2n) is 5.23. The summed E-state index contributed by atoms with van der Waals surface area (Å²) >= 11 is 0. The van der Waals surface area contributed by atoms with Crippen LogP contribution in [-0.2, 0) is 4.74 Å². The van der Waals surface area contributed by atoms with E-state index in [1.165, 1.54) is 19.3 Å². The van der Waals surface area contributed by atoms with Gasteiger partial charge in [0, 0.05) is 12.7 Å². The number of rotatable bonds is 2. The first-order chi connectivity index (χ1) is 8.75. The van der Waals surface area contributed by atoms with E-state index >= 15 is 0 Å². The van der Waals surface area contributed by atoms with Crippen molar-refractivity contribution in [2.24, 2.45) is 0 Å². The van der Waals surface area contributed by atoms with Crippen molar-refractivity contribution in [3.8, 4) is 0 Å². The molecule has 2 aliphatic rings. The summed E-state index contributed by atoms with van der Waals surface area (Å²) in [5.74, 6) is 1.01. The van der Waals surface area contributed by atoms with Gasteiger partial charge in [-0.1, -0.05) is 6.07 Å². The number of hydrogen-bond acceptors (Lipinski definition) is 4. The minimum absolute atomic E-state index is 0.386. The standard InChI is InChI=1S/C14H20N2O2/c1-10(17)11-5-6-14(15-9-11)16-7-8-18-13-4-2-3-12(13)16/h5-6,9-10,12-13,17H,2-4,7-8H2,1H3/t10-,12?,13?/m0/s1. The Balaban J connectivity index is 1.80. The molecular formula is C14H20N2O2.